The van der Waals surface area contributed by atoms with Gasteiger partial charge in [0.1, 0.15) is 5.75 Å². The van der Waals surface area contributed by atoms with E-state index in [4.69, 9.17) is 16.3 Å². The molecule has 3 nitrogen and oxygen atoms in total. The normalized spacial score (nSPS) is 11.9. The van der Waals surface area contributed by atoms with E-state index in [2.05, 4.69) is 22.6 Å². The van der Waals surface area contributed by atoms with Crippen molar-refractivity contribution < 1.29 is 9.53 Å². The Labute approximate surface area is 149 Å². The number of hydrogen-bond donors (Lipinski definition) is 0. The van der Waals surface area contributed by atoms with Crippen molar-refractivity contribution in [1.82, 2.24) is 4.90 Å². The van der Waals surface area contributed by atoms with Gasteiger partial charge in [-0.2, -0.15) is 0 Å². The summed E-state index contributed by atoms with van der Waals surface area (Å²) in [6.07, 6.45) is 0. The van der Waals surface area contributed by atoms with Crippen LogP contribution in [0, 0.1) is 3.57 Å². The molecule has 0 heterocycles. The lowest BCUT2D eigenvalue weighted by molar-refractivity contribution is 0.0741. The van der Waals surface area contributed by atoms with E-state index in [1.54, 1.807) is 37.3 Å². The van der Waals surface area contributed by atoms with Crippen LogP contribution in [-0.2, 0) is 0 Å². The third-order valence-corrected chi connectivity index (χ3v) is 5.20. The highest BCUT2D eigenvalue weighted by Crippen LogP contribution is 2.29. The Morgan fingerprint density at radius 2 is 1.95 bits per heavy atom. The molecule has 5 heteroatoms. The average molecular weight is 430 g/mol. The Bertz CT molecular complexity index is 690. The number of ether oxygens (including phenoxy) is 1. The van der Waals surface area contributed by atoms with E-state index in [1.807, 2.05) is 31.2 Å². The Morgan fingerprint density at radius 1 is 1.27 bits per heavy atom. The van der Waals surface area contributed by atoms with Gasteiger partial charge in [-0.05, 0) is 53.8 Å². The summed E-state index contributed by atoms with van der Waals surface area (Å²) in [7, 11) is 3.43. The predicted molar refractivity (Wildman–Crippen MR) is 97.7 cm³/mol. The Morgan fingerprint density at radius 3 is 2.59 bits per heavy atom. The Kier molecular flexibility index (Phi) is 5.69. The van der Waals surface area contributed by atoms with Crippen LogP contribution in [0.3, 0.4) is 0 Å². The molecule has 2 aromatic rings. The second-order valence-corrected chi connectivity index (χ2v) is 6.53. The van der Waals surface area contributed by atoms with Crippen LogP contribution in [-0.4, -0.2) is 25.0 Å². The molecule has 1 atom stereocenters. The first-order chi connectivity index (χ1) is 10.5. The van der Waals surface area contributed by atoms with Crippen LogP contribution in [0.1, 0.15) is 28.9 Å². The third kappa shape index (κ3) is 3.55. The van der Waals surface area contributed by atoms with Gasteiger partial charge in [-0.25, -0.2) is 0 Å². The van der Waals surface area contributed by atoms with Crippen LogP contribution in [0.4, 0.5) is 0 Å². The summed E-state index contributed by atoms with van der Waals surface area (Å²) in [4.78, 5) is 14.4. The molecular weight excluding hydrogens is 413 g/mol. The topological polar surface area (TPSA) is 29.5 Å². The van der Waals surface area contributed by atoms with Crippen molar-refractivity contribution >= 4 is 40.1 Å². The van der Waals surface area contributed by atoms with Crippen molar-refractivity contribution in [3.8, 4) is 5.75 Å². The average Bonchev–Trinajstić information content (AvgIpc) is 2.55. The molecule has 0 fully saturated rings. The van der Waals surface area contributed by atoms with Gasteiger partial charge in [0.15, 0.2) is 0 Å². The lowest BCUT2D eigenvalue weighted by atomic mass is 10.0. The molecule has 116 valence electrons. The number of hydrogen-bond acceptors (Lipinski definition) is 2. The minimum absolute atomic E-state index is 0.0482. The van der Waals surface area contributed by atoms with E-state index >= 15 is 0 Å². The molecule has 0 radical (unpaired) electrons. The highest BCUT2D eigenvalue weighted by Gasteiger charge is 2.21. The summed E-state index contributed by atoms with van der Waals surface area (Å²) in [6, 6.07) is 12.9. The van der Waals surface area contributed by atoms with Crippen molar-refractivity contribution in [3.05, 3.63) is 62.2 Å². The van der Waals surface area contributed by atoms with Crippen molar-refractivity contribution in [1.29, 1.82) is 0 Å². The summed E-state index contributed by atoms with van der Waals surface area (Å²) in [5, 5.41) is 0.651. The zero-order chi connectivity index (χ0) is 16.3. The van der Waals surface area contributed by atoms with Gasteiger partial charge in [-0.3, -0.25) is 4.79 Å². The van der Waals surface area contributed by atoms with E-state index < -0.39 is 0 Å². The first-order valence-electron chi connectivity index (χ1n) is 6.80. The van der Waals surface area contributed by atoms with Crippen LogP contribution < -0.4 is 4.74 Å². The lowest BCUT2D eigenvalue weighted by Gasteiger charge is -2.26. The van der Waals surface area contributed by atoms with E-state index in [0.29, 0.717) is 10.6 Å². The summed E-state index contributed by atoms with van der Waals surface area (Å²) >= 11 is 8.14. The molecule has 0 aromatic heterocycles. The third-order valence-electron chi connectivity index (χ3n) is 3.66. The molecule has 0 aliphatic heterocycles. The second kappa shape index (κ2) is 7.33. The van der Waals surface area contributed by atoms with E-state index in [1.165, 1.54) is 0 Å². The molecular formula is C17H17ClINO2. The first-order valence-corrected chi connectivity index (χ1v) is 8.26. The minimum atomic E-state index is -0.100. The summed E-state index contributed by atoms with van der Waals surface area (Å²) in [5.41, 5.74) is 1.60. The van der Waals surface area contributed by atoms with Crippen molar-refractivity contribution in [2.24, 2.45) is 0 Å². The van der Waals surface area contributed by atoms with Gasteiger partial charge in [-0.15, -0.1) is 0 Å². The fourth-order valence-electron chi connectivity index (χ4n) is 2.23. The highest BCUT2D eigenvalue weighted by molar-refractivity contribution is 14.1. The molecule has 0 N–H and O–H groups in total. The molecule has 1 amide bonds. The van der Waals surface area contributed by atoms with Crippen LogP contribution in [0.25, 0.3) is 0 Å². The Balaban J connectivity index is 2.28. The monoisotopic (exact) mass is 429 g/mol. The SMILES string of the molecule is COc1ccccc1C(C)N(C)C(=O)c1ccc(Cl)c(I)c1. The lowest BCUT2D eigenvalue weighted by Crippen LogP contribution is -2.30. The molecule has 0 saturated heterocycles. The minimum Gasteiger partial charge on any atom is -0.496 e. The molecule has 0 aliphatic carbocycles. The summed E-state index contributed by atoms with van der Waals surface area (Å²) in [6.45, 7) is 1.98. The van der Waals surface area contributed by atoms with Gasteiger partial charge >= 0.3 is 0 Å². The summed E-state index contributed by atoms with van der Waals surface area (Å²) in [5.74, 6) is 0.730. The largest absolute Gasteiger partial charge is 0.496 e. The number of nitrogens with zero attached hydrogens (tertiary/aromatic N) is 1. The van der Waals surface area contributed by atoms with Gasteiger partial charge in [0.25, 0.3) is 5.91 Å². The zero-order valence-electron chi connectivity index (χ0n) is 12.6. The maximum Gasteiger partial charge on any atom is 0.254 e. The van der Waals surface area contributed by atoms with Gasteiger partial charge in [0.05, 0.1) is 18.2 Å². The van der Waals surface area contributed by atoms with Gasteiger partial charge < -0.3 is 9.64 Å². The van der Waals surface area contributed by atoms with Crippen LogP contribution in [0.2, 0.25) is 5.02 Å². The number of benzene rings is 2. The Hall–Kier alpha value is -1.27. The fourth-order valence-corrected chi connectivity index (χ4v) is 2.86. The quantitative estimate of drug-likeness (QED) is 0.654. The number of amides is 1. The number of carbonyl (C=O) groups is 1. The molecule has 1 unspecified atom stereocenters. The van der Waals surface area contributed by atoms with Crippen molar-refractivity contribution in [3.63, 3.8) is 0 Å². The van der Waals surface area contributed by atoms with Gasteiger partial charge in [0.2, 0.25) is 0 Å². The van der Waals surface area contributed by atoms with Crippen molar-refractivity contribution in [2.75, 3.05) is 14.2 Å². The van der Waals surface area contributed by atoms with E-state index in [0.717, 1.165) is 14.9 Å². The number of rotatable bonds is 4. The van der Waals surface area contributed by atoms with Crippen LogP contribution in [0.5, 0.6) is 5.75 Å². The second-order valence-electron chi connectivity index (χ2n) is 4.96. The molecule has 22 heavy (non-hydrogen) atoms. The fraction of sp³-hybridized carbons (Fsp3) is 0.235. The standard InChI is InChI=1S/C17H17ClINO2/c1-11(13-6-4-5-7-16(13)22-3)20(2)17(21)12-8-9-14(18)15(19)10-12/h4-11H,1-3H3. The van der Waals surface area contributed by atoms with E-state index in [-0.39, 0.29) is 11.9 Å². The van der Waals surface area contributed by atoms with Crippen molar-refractivity contribution in [2.45, 2.75) is 13.0 Å². The van der Waals surface area contributed by atoms with Gasteiger partial charge in [-0.1, -0.05) is 29.8 Å². The predicted octanol–water partition coefficient (Wildman–Crippen LogP) is 4.79. The number of halogens is 2. The smallest absolute Gasteiger partial charge is 0.254 e. The molecule has 0 aliphatic rings. The molecule has 2 aromatic carbocycles. The number of methoxy groups -OCH3 is 1. The zero-order valence-corrected chi connectivity index (χ0v) is 15.6. The van der Waals surface area contributed by atoms with Crippen LogP contribution in [0.15, 0.2) is 42.5 Å². The maximum absolute atomic E-state index is 12.7. The van der Waals surface area contributed by atoms with Gasteiger partial charge in [0, 0.05) is 21.7 Å². The highest BCUT2D eigenvalue weighted by atomic mass is 127. The van der Waals surface area contributed by atoms with E-state index in [9.17, 15) is 4.79 Å². The van der Waals surface area contributed by atoms with Crippen LogP contribution >= 0.6 is 34.2 Å². The first kappa shape index (κ1) is 17.1. The molecule has 0 saturated carbocycles. The molecule has 2 rings (SSSR count). The molecule has 0 bridgehead atoms. The number of para-hydroxylation sites is 1. The maximum atomic E-state index is 12.7. The number of carbonyl (C=O) groups excluding carboxylic acids is 1. The molecule has 0 spiro atoms. The summed E-state index contributed by atoms with van der Waals surface area (Å²) < 4.78 is 6.24.